The lowest BCUT2D eigenvalue weighted by Gasteiger charge is -2.19. The number of carbonyl (C=O) groups is 1. The predicted octanol–water partition coefficient (Wildman–Crippen LogP) is 4.60. The Morgan fingerprint density at radius 1 is 0.852 bits per heavy atom. The maximum Gasteiger partial charge on any atom is 0.225 e. The Balaban J connectivity index is 1.38. The molecule has 4 heteroatoms. The van der Waals surface area contributed by atoms with E-state index in [-0.39, 0.29) is 11.8 Å². The van der Waals surface area contributed by atoms with Gasteiger partial charge < -0.3 is 14.8 Å². The Hall–Kier alpha value is -3.27. The van der Waals surface area contributed by atoms with Gasteiger partial charge in [-0.15, -0.1) is 0 Å². The zero-order valence-electron chi connectivity index (χ0n) is 14.8. The zero-order chi connectivity index (χ0) is 18.2. The van der Waals surface area contributed by atoms with Crippen LogP contribution in [0.5, 0.6) is 11.5 Å². The van der Waals surface area contributed by atoms with Crippen molar-refractivity contribution in [1.29, 1.82) is 0 Å². The number of fused-ring (bicyclic) bond motifs is 4. The van der Waals surface area contributed by atoms with Crippen LogP contribution in [0.2, 0.25) is 0 Å². The maximum absolute atomic E-state index is 12.8. The summed E-state index contributed by atoms with van der Waals surface area (Å²) in [5, 5.41) is 3.01. The van der Waals surface area contributed by atoms with Gasteiger partial charge in [-0.25, -0.2) is 0 Å². The van der Waals surface area contributed by atoms with Crippen LogP contribution in [0.15, 0.2) is 66.7 Å². The van der Waals surface area contributed by atoms with Gasteiger partial charge in [-0.3, -0.25) is 4.79 Å². The Morgan fingerprint density at radius 3 is 2.19 bits per heavy atom. The monoisotopic (exact) mass is 357 g/mol. The van der Waals surface area contributed by atoms with Crippen LogP contribution in [0.4, 0.5) is 5.69 Å². The first-order valence-corrected chi connectivity index (χ1v) is 9.17. The van der Waals surface area contributed by atoms with E-state index in [2.05, 4.69) is 29.6 Å². The molecule has 1 aliphatic heterocycles. The number of amides is 1. The Bertz CT molecular complexity index is 982. The van der Waals surface area contributed by atoms with Gasteiger partial charge in [0.1, 0.15) is 13.2 Å². The highest BCUT2D eigenvalue weighted by atomic mass is 16.6. The third-order valence-corrected chi connectivity index (χ3v) is 5.18. The summed E-state index contributed by atoms with van der Waals surface area (Å²) in [6.45, 7) is 1.08. The van der Waals surface area contributed by atoms with Gasteiger partial charge in [0.15, 0.2) is 11.5 Å². The van der Waals surface area contributed by atoms with Crippen LogP contribution >= 0.6 is 0 Å². The maximum atomic E-state index is 12.8. The molecular weight excluding hydrogens is 338 g/mol. The normalized spacial score (nSPS) is 14.4. The first-order chi connectivity index (χ1) is 13.3. The van der Waals surface area contributed by atoms with Gasteiger partial charge in [0.2, 0.25) is 5.91 Å². The number of ether oxygens (including phenoxy) is 2. The van der Waals surface area contributed by atoms with Gasteiger partial charge in [0.05, 0.1) is 0 Å². The van der Waals surface area contributed by atoms with Crippen LogP contribution in [-0.4, -0.2) is 19.1 Å². The minimum atomic E-state index is -0.0109. The molecule has 5 rings (SSSR count). The molecule has 0 bridgehead atoms. The van der Waals surface area contributed by atoms with Gasteiger partial charge >= 0.3 is 0 Å². The van der Waals surface area contributed by atoms with E-state index in [1.54, 1.807) is 0 Å². The summed E-state index contributed by atoms with van der Waals surface area (Å²) in [5.41, 5.74) is 5.62. The summed E-state index contributed by atoms with van der Waals surface area (Å²) in [4.78, 5) is 12.8. The summed E-state index contributed by atoms with van der Waals surface area (Å²) < 4.78 is 11.1. The molecule has 0 atom stereocenters. The molecule has 2 aliphatic rings. The average Bonchev–Trinajstić information content (AvgIpc) is 3.02. The molecule has 0 aromatic heterocycles. The fourth-order valence-corrected chi connectivity index (χ4v) is 4.00. The summed E-state index contributed by atoms with van der Waals surface area (Å²) in [7, 11) is 0. The van der Waals surface area contributed by atoms with Crippen LogP contribution in [0, 0.1) is 0 Å². The van der Waals surface area contributed by atoms with E-state index in [1.165, 1.54) is 22.3 Å². The second kappa shape index (κ2) is 6.47. The second-order valence-corrected chi connectivity index (χ2v) is 6.84. The van der Waals surface area contributed by atoms with E-state index in [4.69, 9.17) is 9.47 Å². The first-order valence-electron chi connectivity index (χ1n) is 9.17. The highest BCUT2D eigenvalue weighted by Gasteiger charge is 2.29. The quantitative estimate of drug-likeness (QED) is 0.745. The van der Waals surface area contributed by atoms with Crippen LogP contribution in [0.1, 0.15) is 23.5 Å². The molecular formula is C23H19NO3. The lowest BCUT2D eigenvalue weighted by Crippen LogP contribution is -2.17. The molecule has 27 heavy (non-hydrogen) atoms. The molecule has 3 aromatic rings. The molecule has 1 N–H and O–H groups in total. The number of hydrogen-bond acceptors (Lipinski definition) is 3. The second-order valence-electron chi connectivity index (χ2n) is 6.84. The van der Waals surface area contributed by atoms with Crippen molar-refractivity contribution in [2.75, 3.05) is 18.5 Å². The van der Waals surface area contributed by atoms with Crippen molar-refractivity contribution >= 4 is 11.6 Å². The number of hydrogen-bond donors (Lipinski definition) is 1. The van der Waals surface area contributed by atoms with Crippen molar-refractivity contribution in [2.24, 2.45) is 0 Å². The lowest BCUT2D eigenvalue weighted by atomic mass is 9.93. The van der Waals surface area contributed by atoms with E-state index < -0.39 is 0 Å². The SMILES string of the molecule is O=C(CC1c2ccccc2-c2ccccc21)Nc1ccc2c(c1)OCCO2. The van der Waals surface area contributed by atoms with Crippen molar-refractivity contribution < 1.29 is 14.3 Å². The first kappa shape index (κ1) is 15.9. The van der Waals surface area contributed by atoms with Crippen molar-refractivity contribution in [1.82, 2.24) is 0 Å². The molecule has 3 aromatic carbocycles. The van der Waals surface area contributed by atoms with E-state index in [0.29, 0.717) is 25.4 Å². The Morgan fingerprint density at radius 2 is 1.48 bits per heavy atom. The summed E-state index contributed by atoms with van der Waals surface area (Å²) in [5.74, 6) is 1.46. The fourth-order valence-electron chi connectivity index (χ4n) is 4.00. The average molecular weight is 357 g/mol. The number of carbonyl (C=O) groups excluding carboxylic acids is 1. The molecule has 0 radical (unpaired) electrons. The minimum absolute atomic E-state index is 0.0109. The van der Waals surface area contributed by atoms with Crippen molar-refractivity contribution in [3.8, 4) is 22.6 Å². The number of benzene rings is 3. The van der Waals surface area contributed by atoms with Crippen molar-refractivity contribution in [3.63, 3.8) is 0 Å². The number of nitrogens with one attached hydrogen (secondary N) is 1. The van der Waals surface area contributed by atoms with Crippen LogP contribution in [0.25, 0.3) is 11.1 Å². The van der Waals surface area contributed by atoms with Crippen LogP contribution in [-0.2, 0) is 4.79 Å². The highest BCUT2D eigenvalue weighted by molar-refractivity contribution is 5.93. The third-order valence-electron chi connectivity index (χ3n) is 5.18. The van der Waals surface area contributed by atoms with Gasteiger partial charge in [0.25, 0.3) is 0 Å². The van der Waals surface area contributed by atoms with E-state index >= 15 is 0 Å². The Labute approximate surface area is 157 Å². The molecule has 1 amide bonds. The molecule has 134 valence electrons. The van der Waals surface area contributed by atoms with Crippen molar-refractivity contribution in [2.45, 2.75) is 12.3 Å². The van der Waals surface area contributed by atoms with E-state index in [0.717, 1.165) is 11.4 Å². The lowest BCUT2D eigenvalue weighted by molar-refractivity contribution is -0.116. The highest BCUT2D eigenvalue weighted by Crippen LogP contribution is 2.46. The zero-order valence-corrected chi connectivity index (χ0v) is 14.8. The predicted molar refractivity (Wildman–Crippen MR) is 104 cm³/mol. The summed E-state index contributed by atoms with van der Waals surface area (Å²) >= 11 is 0. The van der Waals surface area contributed by atoms with Crippen molar-refractivity contribution in [3.05, 3.63) is 77.9 Å². The molecule has 1 heterocycles. The molecule has 0 fully saturated rings. The Kier molecular flexibility index (Phi) is 3.82. The third kappa shape index (κ3) is 2.83. The van der Waals surface area contributed by atoms with Crippen LogP contribution < -0.4 is 14.8 Å². The molecule has 0 unspecified atom stereocenters. The molecule has 1 aliphatic carbocycles. The molecule has 0 spiro atoms. The van der Waals surface area contributed by atoms with Crippen LogP contribution in [0.3, 0.4) is 0 Å². The van der Waals surface area contributed by atoms with E-state index in [9.17, 15) is 4.79 Å². The number of rotatable bonds is 3. The van der Waals surface area contributed by atoms with Gasteiger partial charge in [-0.2, -0.15) is 0 Å². The topological polar surface area (TPSA) is 47.6 Å². The standard InChI is InChI=1S/C23H19NO3/c25-23(24-15-9-10-21-22(13-15)27-12-11-26-21)14-20-18-7-3-1-5-16(18)17-6-2-4-8-19(17)20/h1-10,13,20H,11-12,14H2,(H,24,25). The molecule has 0 saturated carbocycles. The fraction of sp³-hybridized carbons (Fsp3) is 0.174. The minimum Gasteiger partial charge on any atom is -0.486 e. The van der Waals surface area contributed by atoms with E-state index in [1.807, 2.05) is 42.5 Å². The van der Waals surface area contributed by atoms with Gasteiger partial charge in [-0.1, -0.05) is 48.5 Å². The number of anilines is 1. The smallest absolute Gasteiger partial charge is 0.225 e. The van der Waals surface area contributed by atoms with Gasteiger partial charge in [-0.05, 0) is 34.4 Å². The summed E-state index contributed by atoms with van der Waals surface area (Å²) in [6.07, 6.45) is 0.405. The largest absolute Gasteiger partial charge is 0.486 e. The molecule has 4 nitrogen and oxygen atoms in total. The van der Waals surface area contributed by atoms with Gasteiger partial charge in [0, 0.05) is 24.1 Å². The molecule has 0 saturated heterocycles. The summed E-state index contributed by atoms with van der Waals surface area (Å²) in [6, 6.07) is 22.2.